The molecule has 1 aliphatic rings. The molecule has 1 amide bonds. The summed E-state index contributed by atoms with van der Waals surface area (Å²) in [6.07, 6.45) is 3.91. The van der Waals surface area contributed by atoms with E-state index in [9.17, 15) is 15.0 Å². The predicted octanol–water partition coefficient (Wildman–Crippen LogP) is 4.77. The third-order valence-corrected chi connectivity index (χ3v) is 7.25. The minimum atomic E-state index is -0.208. The molecule has 186 valence electrons. The molecule has 1 aliphatic heterocycles. The molecule has 1 saturated heterocycles. The van der Waals surface area contributed by atoms with Crippen LogP contribution in [0.3, 0.4) is 0 Å². The van der Waals surface area contributed by atoms with Crippen molar-refractivity contribution in [2.24, 2.45) is 5.92 Å². The van der Waals surface area contributed by atoms with Crippen LogP contribution in [0.15, 0.2) is 59.2 Å². The third-order valence-electron chi connectivity index (χ3n) is 6.69. The van der Waals surface area contributed by atoms with Gasteiger partial charge in [-0.2, -0.15) is 9.61 Å². The lowest BCUT2D eigenvalue weighted by atomic mass is 9.97. The normalized spacial score (nSPS) is 15.8. The number of rotatable bonds is 6. The van der Waals surface area contributed by atoms with E-state index in [-0.39, 0.29) is 23.8 Å². The summed E-state index contributed by atoms with van der Waals surface area (Å²) in [6, 6.07) is 14.7. The summed E-state index contributed by atoms with van der Waals surface area (Å²) in [5.41, 5.74) is 4.53. The van der Waals surface area contributed by atoms with Gasteiger partial charge in [-0.15, -0.1) is 0 Å². The van der Waals surface area contributed by atoms with E-state index in [0.29, 0.717) is 24.6 Å². The molecule has 1 atom stereocenters. The standard InChI is InChI=1S/C27H28BrN5O3/c1-17-5-2-3-7-20(17)22-13-25(33-27(31-22)21(28)15-30-33)29-14-19-6-4-10-32(16-19)26(36)12-18-8-9-23(34)24(35)11-18/h2-3,5,7-9,11,13,15,19,29,34-35H,4,6,10,12,14,16H2,1H3. The fourth-order valence-corrected chi connectivity index (χ4v) is 5.08. The van der Waals surface area contributed by atoms with Crippen LogP contribution in [0.2, 0.25) is 0 Å². The molecule has 0 aliphatic carbocycles. The highest BCUT2D eigenvalue weighted by Gasteiger charge is 2.24. The lowest BCUT2D eigenvalue weighted by Gasteiger charge is -2.33. The Morgan fingerprint density at radius 1 is 1.17 bits per heavy atom. The van der Waals surface area contributed by atoms with Crippen LogP contribution < -0.4 is 5.32 Å². The van der Waals surface area contributed by atoms with Gasteiger partial charge in [0.05, 0.1) is 22.8 Å². The van der Waals surface area contributed by atoms with Gasteiger partial charge in [-0.1, -0.05) is 30.3 Å². The molecule has 2 aromatic heterocycles. The van der Waals surface area contributed by atoms with Crippen molar-refractivity contribution >= 4 is 33.3 Å². The number of hydrogen-bond donors (Lipinski definition) is 3. The number of halogens is 1. The van der Waals surface area contributed by atoms with Gasteiger partial charge in [-0.3, -0.25) is 4.79 Å². The highest BCUT2D eigenvalue weighted by molar-refractivity contribution is 9.10. The van der Waals surface area contributed by atoms with Gasteiger partial charge in [0.1, 0.15) is 5.82 Å². The number of likely N-dealkylation sites (tertiary alicyclic amines) is 1. The van der Waals surface area contributed by atoms with Crippen LogP contribution in [-0.4, -0.2) is 55.3 Å². The van der Waals surface area contributed by atoms with Crippen LogP contribution in [0.5, 0.6) is 11.5 Å². The van der Waals surface area contributed by atoms with Crippen molar-refractivity contribution in [3.63, 3.8) is 0 Å². The summed E-state index contributed by atoms with van der Waals surface area (Å²) in [5.74, 6) is 0.774. The second-order valence-corrected chi connectivity index (χ2v) is 10.2. The maximum atomic E-state index is 12.9. The molecule has 0 bridgehead atoms. The topological polar surface area (TPSA) is 103 Å². The van der Waals surface area contributed by atoms with Crippen LogP contribution in [-0.2, 0) is 11.2 Å². The summed E-state index contributed by atoms with van der Waals surface area (Å²) in [5, 5.41) is 27.3. The molecule has 3 heterocycles. The number of nitrogens with zero attached hydrogens (tertiary/aromatic N) is 4. The number of carbonyl (C=O) groups excluding carboxylic acids is 1. The zero-order valence-corrected chi connectivity index (χ0v) is 21.6. The first kappa shape index (κ1) is 24.1. The average Bonchev–Trinajstić information content (AvgIpc) is 3.26. The summed E-state index contributed by atoms with van der Waals surface area (Å²) < 4.78 is 2.63. The van der Waals surface area contributed by atoms with Gasteiger partial charge in [-0.25, -0.2) is 4.98 Å². The van der Waals surface area contributed by atoms with Crippen molar-refractivity contribution in [1.82, 2.24) is 19.5 Å². The van der Waals surface area contributed by atoms with Crippen LogP contribution >= 0.6 is 15.9 Å². The lowest BCUT2D eigenvalue weighted by Crippen LogP contribution is -2.42. The number of nitrogens with one attached hydrogen (secondary N) is 1. The summed E-state index contributed by atoms with van der Waals surface area (Å²) in [4.78, 5) is 19.7. The van der Waals surface area contributed by atoms with Crippen molar-refractivity contribution in [1.29, 1.82) is 0 Å². The van der Waals surface area contributed by atoms with E-state index in [1.54, 1.807) is 16.8 Å². The number of phenols is 2. The number of aromatic hydroxyl groups is 2. The maximum absolute atomic E-state index is 12.9. The molecule has 0 saturated carbocycles. The molecule has 9 heteroatoms. The van der Waals surface area contributed by atoms with Gasteiger partial charge in [0, 0.05) is 31.3 Å². The van der Waals surface area contributed by atoms with E-state index in [1.807, 2.05) is 23.1 Å². The first-order chi connectivity index (χ1) is 17.4. The summed E-state index contributed by atoms with van der Waals surface area (Å²) in [6.45, 7) is 4.17. The molecule has 2 aromatic carbocycles. The number of hydrogen-bond acceptors (Lipinski definition) is 6. The number of amides is 1. The number of benzene rings is 2. The van der Waals surface area contributed by atoms with E-state index in [4.69, 9.17) is 4.98 Å². The Balaban J connectivity index is 1.30. The van der Waals surface area contributed by atoms with Crippen molar-refractivity contribution in [2.75, 3.05) is 25.0 Å². The fraction of sp³-hybridized carbons (Fsp3) is 0.296. The maximum Gasteiger partial charge on any atom is 0.227 e. The van der Waals surface area contributed by atoms with E-state index >= 15 is 0 Å². The van der Waals surface area contributed by atoms with Crippen LogP contribution in [0.4, 0.5) is 5.82 Å². The minimum Gasteiger partial charge on any atom is -0.504 e. The molecular weight excluding hydrogens is 522 g/mol. The molecule has 0 radical (unpaired) electrons. The summed E-state index contributed by atoms with van der Waals surface area (Å²) in [7, 11) is 0. The Kier molecular flexibility index (Phi) is 6.82. The highest BCUT2D eigenvalue weighted by Crippen LogP contribution is 2.29. The van der Waals surface area contributed by atoms with Gasteiger partial charge in [-0.05, 0) is 64.9 Å². The predicted molar refractivity (Wildman–Crippen MR) is 142 cm³/mol. The SMILES string of the molecule is Cc1ccccc1-c1cc(NCC2CCCN(C(=O)Cc3ccc(O)c(O)c3)C2)n2ncc(Br)c2n1. The van der Waals surface area contributed by atoms with Crippen LogP contribution in [0.25, 0.3) is 16.9 Å². The fourth-order valence-electron chi connectivity index (χ4n) is 4.73. The largest absolute Gasteiger partial charge is 0.504 e. The van der Waals surface area contributed by atoms with Gasteiger partial charge in [0.15, 0.2) is 17.1 Å². The Hall–Kier alpha value is -3.59. The monoisotopic (exact) mass is 549 g/mol. The Morgan fingerprint density at radius 3 is 2.81 bits per heavy atom. The van der Waals surface area contributed by atoms with E-state index < -0.39 is 0 Å². The van der Waals surface area contributed by atoms with Crippen LogP contribution in [0.1, 0.15) is 24.0 Å². The second kappa shape index (κ2) is 10.2. The quantitative estimate of drug-likeness (QED) is 0.299. The molecule has 4 aromatic rings. The zero-order valence-electron chi connectivity index (χ0n) is 20.0. The van der Waals surface area contributed by atoms with Crippen molar-refractivity contribution in [2.45, 2.75) is 26.2 Å². The number of phenolic OH excluding ortho intramolecular Hbond substituents is 2. The van der Waals surface area contributed by atoms with Crippen LogP contribution in [0, 0.1) is 12.8 Å². The second-order valence-electron chi connectivity index (χ2n) is 9.30. The molecule has 8 nitrogen and oxygen atoms in total. The minimum absolute atomic E-state index is 0.0222. The van der Waals surface area contributed by atoms with E-state index in [2.05, 4.69) is 45.4 Å². The molecule has 0 spiro atoms. The summed E-state index contributed by atoms with van der Waals surface area (Å²) >= 11 is 3.57. The third kappa shape index (κ3) is 5.02. The first-order valence-electron chi connectivity index (χ1n) is 12.0. The van der Waals surface area contributed by atoms with Gasteiger partial charge in [0.25, 0.3) is 0 Å². The number of aromatic nitrogens is 3. The van der Waals surface area contributed by atoms with Crippen molar-refractivity contribution in [3.8, 4) is 22.8 Å². The van der Waals surface area contributed by atoms with Gasteiger partial charge in [0.2, 0.25) is 5.91 Å². The average molecular weight is 550 g/mol. The Labute approximate surface area is 217 Å². The highest BCUT2D eigenvalue weighted by atomic mass is 79.9. The molecule has 5 rings (SSSR count). The van der Waals surface area contributed by atoms with E-state index in [0.717, 1.165) is 52.1 Å². The van der Waals surface area contributed by atoms with Gasteiger partial charge >= 0.3 is 0 Å². The molecule has 3 N–H and O–H groups in total. The number of anilines is 1. The van der Waals surface area contributed by atoms with Crippen molar-refractivity contribution in [3.05, 3.63) is 70.3 Å². The smallest absolute Gasteiger partial charge is 0.227 e. The molecule has 36 heavy (non-hydrogen) atoms. The Bertz CT molecular complexity index is 1420. The molecular formula is C27H28BrN5O3. The van der Waals surface area contributed by atoms with Crippen molar-refractivity contribution < 1.29 is 15.0 Å². The molecule has 1 fully saturated rings. The van der Waals surface area contributed by atoms with E-state index in [1.165, 1.54) is 12.1 Å². The Morgan fingerprint density at radius 2 is 2.00 bits per heavy atom. The molecule has 1 unspecified atom stereocenters. The first-order valence-corrected chi connectivity index (χ1v) is 12.8. The number of aryl methyl sites for hydroxylation is 1. The lowest BCUT2D eigenvalue weighted by molar-refractivity contribution is -0.132. The number of piperidine rings is 1. The van der Waals surface area contributed by atoms with Gasteiger partial charge < -0.3 is 20.4 Å². The zero-order chi connectivity index (χ0) is 25.2. The number of fused-ring (bicyclic) bond motifs is 1. The number of carbonyl (C=O) groups is 1.